The van der Waals surface area contributed by atoms with E-state index >= 15 is 0 Å². The predicted molar refractivity (Wildman–Crippen MR) is 100.0 cm³/mol. The average Bonchev–Trinajstić information content (AvgIpc) is 2.55. The summed E-state index contributed by atoms with van der Waals surface area (Å²) < 4.78 is 0. The predicted octanol–water partition coefficient (Wildman–Crippen LogP) is 3.30. The summed E-state index contributed by atoms with van der Waals surface area (Å²) in [6.45, 7) is 7.03. The summed E-state index contributed by atoms with van der Waals surface area (Å²) in [5.74, 6) is -0.0148. The van der Waals surface area contributed by atoms with Crippen LogP contribution in [0.1, 0.15) is 30.5 Å². The second kappa shape index (κ2) is 7.63. The van der Waals surface area contributed by atoms with Crippen LogP contribution in [0.25, 0.3) is 0 Å². The van der Waals surface area contributed by atoms with Gasteiger partial charge in [0.15, 0.2) is 0 Å². The quantitative estimate of drug-likeness (QED) is 0.886. The normalized spacial score (nSPS) is 12.7. The Morgan fingerprint density at radius 1 is 1.08 bits per heavy atom. The van der Waals surface area contributed by atoms with Crippen molar-refractivity contribution >= 4 is 5.91 Å². The van der Waals surface area contributed by atoms with Gasteiger partial charge >= 0.3 is 0 Å². The molecule has 0 spiro atoms. The van der Waals surface area contributed by atoms with Crippen LogP contribution in [0.3, 0.4) is 0 Å². The van der Waals surface area contributed by atoms with Crippen molar-refractivity contribution in [2.45, 2.75) is 38.6 Å². The Kier molecular flexibility index (Phi) is 5.79. The summed E-state index contributed by atoms with van der Waals surface area (Å²) in [7, 11) is 1.84. The summed E-state index contributed by atoms with van der Waals surface area (Å²) in [6, 6.07) is 17.9. The highest BCUT2D eigenvalue weighted by Gasteiger charge is 2.27. The van der Waals surface area contributed by atoms with Crippen LogP contribution >= 0.6 is 0 Å². The SMILES string of the molecule is Cc1ccc(C(C)(C)CN(C)C(=O)[C@@H](N)Cc2ccccc2)cc1. The number of benzene rings is 2. The second-order valence-electron chi connectivity index (χ2n) is 7.24. The van der Waals surface area contributed by atoms with Gasteiger partial charge in [0.25, 0.3) is 0 Å². The summed E-state index contributed by atoms with van der Waals surface area (Å²) >= 11 is 0. The Bertz CT molecular complexity index is 662. The Labute approximate surface area is 145 Å². The first-order valence-corrected chi connectivity index (χ1v) is 8.41. The van der Waals surface area contributed by atoms with Gasteiger partial charge in [0.1, 0.15) is 0 Å². The smallest absolute Gasteiger partial charge is 0.239 e. The van der Waals surface area contributed by atoms with Crippen molar-refractivity contribution in [2.24, 2.45) is 5.73 Å². The van der Waals surface area contributed by atoms with Crippen molar-refractivity contribution in [2.75, 3.05) is 13.6 Å². The molecule has 0 bridgehead atoms. The molecule has 2 N–H and O–H groups in total. The molecule has 0 heterocycles. The maximum Gasteiger partial charge on any atom is 0.239 e. The molecule has 3 heteroatoms. The molecule has 2 rings (SSSR count). The molecule has 0 aromatic heterocycles. The van der Waals surface area contributed by atoms with E-state index in [1.165, 1.54) is 11.1 Å². The van der Waals surface area contributed by atoms with E-state index in [0.717, 1.165) is 5.56 Å². The number of likely N-dealkylation sites (N-methyl/N-ethyl adjacent to an activating group) is 1. The van der Waals surface area contributed by atoms with Gasteiger partial charge in [0.05, 0.1) is 6.04 Å². The Balaban J connectivity index is 2.00. The first-order valence-electron chi connectivity index (χ1n) is 8.41. The highest BCUT2D eigenvalue weighted by atomic mass is 16.2. The van der Waals surface area contributed by atoms with Gasteiger partial charge in [0, 0.05) is 19.0 Å². The molecule has 0 aliphatic rings. The number of carbonyl (C=O) groups is 1. The van der Waals surface area contributed by atoms with Crippen LogP contribution in [0, 0.1) is 6.92 Å². The summed E-state index contributed by atoms with van der Waals surface area (Å²) in [4.78, 5) is 14.4. The lowest BCUT2D eigenvalue weighted by Gasteiger charge is -2.32. The van der Waals surface area contributed by atoms with E-state index in [1.54, 1.807) is 4.90 Å². The molecule has 0 fully saturated rings. The largest absolute Gasteiger partial charge is 0.344 e. The summed E-state index contributed by atoms with van der Waals surface area (Å²) in [5.41, 5.74) is 9.57. The van der Waals surface area contributed by atoms with Gasteiger partial charge in [-0.25, -0.2) is 0 Å². The highest BCUT2D eigenvalue weighted by Crippen LogP contribution is 2.24. The van der Waals surface area contributed by atoms with Crippen LogP contribution in [0.2, 0.25) is 0 Å². The molecule has 24 heavy (non-hydrogen) atoms. The minimum absolute atomic E-state index is 0.0148. The van der Waals surface area contributed by atoms with Crippen LogP contribution in [0.15, 0.2) is 54.6 Å². The molecule has 1 atom stereocenters. The molecule has 2 aromatic rings. The van der Waals surface area contributed by atoms with Crippen LogP contribution in [-0.4, -0.2) is 30.4 Å². The molecule has 128 valence electrons. The van der Waals surface area contributed by atoms with Crippen molar-refractivity contribution in [3.63, 3.8) is 0 Å². The van der Waals surface area contributed by atoms with Gasteiger partial charge in [-0.05, 0) is 24.5 Å². The van der Waals surface area contributed by atoms with Gasteiger partial charge in [0.2, 0.25) is 5.91 Å². The summed E-state index contributed by atoms with van der Waals surface area (Å²) in [6.07, 6.45) is 0.564. The molecule has 1 amide bonds. The van der Waals surface area contributed by atoms with Crippen molar-refractivity contribution in [3.8, 4) is 0 Å². The fraction of sp³-hybridized carbons (Fsp3) is 0.381. The van der Waals surface area contributed by atoms with Crippen LogP contribution in [0.5, 0.6) is 0 Å². The van der Waals surface area contributed by atoms with Crippen molar-refractivity contribution in [3.05, 3.63) is 71.3 Å². The van der Waals surface area contributed by atoms with Crippen molar-refractivity contribution in [1.82, 2.24) is 4.90 Å². The van der Waals surface area contributed by atoms with Gasteiger partial charge in [-0.15, -0.1) is 0 Å². The fourth-order valence-corrected chi connectivity index (χ4v) is 3.01. The molecule has 0 radical (unpaired) electrons. The van der Waals surface area contributed by atoms with E-state index in [-0.39, 0.29) is 11.3 Å². The maximum absolute atomic E-state index is 12.6. The Hall–Kier alpha value is -2.13. The first-order chi connectivity index (χ1) is 11.3. The molecule has 0 aliphatic carbocycles. The van der Waals surface area contributed by atoms with E-state index in [2.05, 4.69) is 45.0 Å². The fourth-order valence-electron chi connectivity index (χ4n) is 3.01. The van der Waals surface area contributed by atoms with Gasteiger partial charge in [-0.3, -0.25) is 4.79 Å². The topological polar surface area (TPSA) is 46.3 Å². The van der Waals surface area contributed by atoms with Gasteiger partial charge in [-0.1, -0.05) is 74.0 Å². The van der Waals surface area contributed by atoms with E-state index in [0.29, 0.717) is 13.0 Å². The summed E-state index contributed by atoms with van der Waals surface area (Å²) in [5, 5.41) is 0. The van der Waals surface area contributed by atoms with E-state index < -0.39 is 6.04 Å². The standard InChI is InChI=1S/C21H28N2O/c1-16-10-12-18(13-11-16)21(2,3)15-23(4)20(24)19(22)14-17-8-6-5-7-9-17/h5-13,19H,14-15,22H2,1-4H3/t19-/m0/s1. The number of carbonyl (C=O) groups excluding carboxylic acids is 1. The zero-order valence-electron chi connectivity index (χ0n) is 15.1. The van der Waals surface area contributed by atoms with Crippen molar-refractivity contribution in [1.29, 1.82) is 0 Å². The number of aryl methyl sites for hydroxylation is 1. The maximum atomic E-state index is 12.6. The molecule has 0 aliphatic heterocycles. The van der Waals surface area contributed by atoms with Gasteiger partial charge < -0.3 is 10.6 Å². The van der Waals surface area contributed by atoms with Gasteiger partial charge in [-0.2, -0.15) is 0 Å². The molecule has 0 saturated carbocycles. The zero-order valence-corrected chi connectivity index (χ0v) is 15.1. The number of nitrogens with two attached hydrogens (primary N) is 1. The van der Waals surface area contributed by atoms with Crippen LogP contribution in [-0.2, 0) is 16.6 Å². The molecular formula is C21H28N2O. The number of nitrogens with zero attached hydrogens (tertiary/aromatic N) is 1. The Morgan fingerprint density at radius 2 is 1.67 bits per heavy atom. The minimum Gasteiger partial charge on any atom is -0.344 e. The third-order valence-corrected chi connectivity index (χ3v) is 4.46. The zero-order chi connectivity index (χ0) is 17.7. The number of amides is 1. The monoisotopic (exact) mass is 324 g/mol. The van der Waals surface area contributed by atoms with E-state index in [9.17, 15) is 4.79 Å². The third-order valence-electron chi connectivity index (χ3n) is 4.46. The third kappa shape index (κ3) is 4.68. The second-order valence-corrected chi connectivity index (χ2v) is 7.24. The molecule has 3 nitrogen and oxygen atoms in total. The highest BCUT2D eigenvalue weighted by molar-refractivity contribution is 5.81. The minimum atomic E-state index is -0.508. The lowest BCUT2D eigenvalue weighted by atomic mass is 9.83. The van der Waals surface area contributed by atoms with E-state index in [4.69, 9.17) is 5.73 Å². The molecule has 0 saturated heterocycles. The Morgan fingerprint density at radius 3 is 2.25 bits per heavy atom. The first kappa shape index (κ1) is 18.2. The molecule has 0 unspecified atom stereocenters. The number of hydrogen-bond acceptors (Lipinski definition) is 2. The lowest BCUT2D eigenvalue weighted by molar-refractivity contribution is -0.131. The van der Waals surface area contributed by atoms with Crippen LogP contribution < -0.4 is 5.73 Å². The number of rotatable bonds is 6. The lowest BCUT2D eigenvalue weighted by Crippen LogP contribution is -2.47. The van der Waals surface area contributed by atoms with Crippen molar-refractivity contribution < 1.29 is 4.79 Å². The van der Waals surface area contributed by atoms with Crippen LogP contribution in [0.4, 0.5) is 0 Å². The number of hydrogen-bond donors (Lipinski definition) is 1. The average molecular weight is 324 g/mol. The molecular weight excluding hydrogens is 296 g/mol. The molecule has 2 aromatic carbocycles. The van der Waals surface area contributed by atoms with E-state index in [1.807, 2.05) is 37.4 Å².